The van der Waals surface area contributed by atoms with Gasteiger partial charge >= 0.3 is 0 Å². The van der Waals surface area contributed by atoms with Crippen molar-refractivity contribution in [2.24, 2.45) is 0 Å². The zero-order valence-corrected chi connectivity index (χ0v) is 11.2. The molecule has 0 saturated carbocycles. The summed E-state index contributed by atoms with van der Waals surface area (Å²) in [6, 6.07) is 5.79. The van der Waals surface area contributed by atoms with Gasteiger partial charge in [0, 0.05) is 16.8 Å². The van der Waals surface area contributed by atoms with Crippen LogP contribution in [0.25, 0.3) is 10.8 Å². The van der Waals surface area contributed by atoms with Gasteiger partial charge < -0.3 is 10.8 Å². The van der Waals surface area contributed by atoms with Crippen LogP contribution in [0.2, 0.25) is 0 Å². The Morgan fingerprint density at radius 3 is 2.20 bits per heavy atom. The van der Waals surface area contributed by atoms with E-state index in [1.807, 2.05) is 6.07 Å². The van der Waals surface area contributed by atoms with Crippen LogP contribution in [-0.4, -0.2) is 31.0 Å². The summed E-state index contributed by atoms with van der Waals surface area (Å²) in [6.07, 6.45) is 0. The summed E-state index contributed by atoms with van der Waals surface area (Å²) >= 11 is 0. The molecule has 8 nitrogen and oxygen atoms in total. The summed E-state index contributed by atoms with van der Waals surface area (Å²) in [5.41, 5.74) is 5.33. The fourth-order valence-corrected chi connectivity index (χ4v) is 2.80. The second-order valence-electron chi connectivity index (χ2n) is 3.79. The third-order valence-corrected chi connectivity index (χ3v) is 4.14. The smallest absolute Gasteiger partial charge is 0.295 e. The van der Waals surface area contributed by atoms with Crippen molar-refractivity contribution >= 4 is 36.7 Å². The Bertz CT molecular complexity index is 916. The highest BCUT2D eigenvalue weighted by Crippen LogP contribution is 2.35. The molecule has 106 valence electrons. The average Bonchev–Trinajstić information content (AvgIpc) is 2.25. The molecule has 0 aromatic heterocycles. The third-order valence-electron chi connectivity index (χ3n) is 2.47. The highest BCUT2D eigenvalue weighted by atomic mass is 32.2. The fraction of sp³-hybridized carbons (Fsp3) is 0. The van der Waals surface area contributed by atoms with Crippen LogP contribution >= 0.6 is 0 Å². The Morgan fingerprint density at radius 2 is 1.70 bits per heavy atom. The number of nitrogens with two attached hydrogens (primary N) is 1. The van der Waals surface area contributed by atoms with Crippen molar-refractivity contribution in [3.05, 3.63) is 24.3 Å². The van der Waals surface area contributed by atoms with Crippen molar-refractivity contribution in [3.8, 4) is 5.75 Å². The molecular weight excluding hydrogens is 310 g/mol. The lowest BCUT2D eigenvalue weighted by Gasteiger charge is -2.09. The molecule has 2 rings (SSSR count). The second kappa shape index (κ2) is 4.31. The molecule has 0 spiro atoms. The molecule has 0 saturated heterocycles. The highest BCUT2D eigenvalue weighted by molar-refractivity contribution is 7.86. The van der Waals surface area contributed by atoms with Crippen molar-refractivity contribution < 1.29 is 31.0 Å². The van der Waals surface area contributed by atoms with E-state index >= 15 is 0 Å². The minimum absolute atomic E-state index is 0.178. The number of benzene rings is 2. The maximum Gasteiger partial charge on any atom is 0.295 e. The number of nitrogen functional groups attached to an aromatic ring is 1. The zero-order valence-electron chi connectivity index (χ0n) is 9.52. The molecule has 5 N–H and O–H groups in total. The molecule has 2 aromatic rings. The Labute approximate surface area is 114 Å². The molecule has 0 amide bonds. The lowest BCUT2D eigenvalue weighted by Crippen LogP contribution is -2.03. The van der Waals surface area contributed by atoms with Gasteiger partial charge in [0.1, 0.15) is 15.5 Å². The molecular formula is C10H7NO7S2. The van der Waals surface area contributed by atoms with Crippen molar-refractivity contribution in [1.29, 1.82) is 0 Å². The number of aromatic hydroxyl groups is 1. The van der Waals surface area contributed by atoms with Gasteiger partial charge in [-0.2, -0.15) is 16.8 Å². The Hall–Kier alpha value is -1.88. The monoisotopic (exact) mass is 317 g/mol. The van der Waals surface area contributed by atoms with Crippen LogP contribution in [0.1, 0.15) is 0 Å². The molecule has 10 heteroatoms. The van der Waals surface area contributed by atoms with Crippen LogP contribution < -0.4 is 5.73 Å². The first-order valence-electron chi connectivity index (χ1n) is 4.86. The maximum absolute atomic E-state index is 11.2. The van der Waals surface area contributed by atoms with Crippen LogP contribution in [0.4, 0.5) is 5.69 Å². The normalized spacial score (nSPS) is 12.7. The summed E-state index contributed by atoms with van der Waals surface area (Å²) in [5.74, 6) is -0.797. The lowest BCUT2D eigenvalue weighted by atomic mass is 10.1. The van der Waals surface area contributed by atoms with Crippen molar-refractivity contribution in [2.45, 2.75) is 9.79 Å². The van der Waals surface area contributed by atoms with E-state index < -0.39 is 35.8 Å². The number of hydrogen-bond acceptors (Lipinski definition) is 6. The van der Waals surface area contributed by atoms with Gasteiger partial charge in [-0.25, -0.2) is 0 Å². The van der Waals surface area contributed by atoms with Crippen LogP contribution in [0, 0.1) is 12.1 Å². The molecule has 0 aliphatic heterocycles. The van der Waals surface area contributed by atoms with Gasteiger partial charge in [-0.05, 0) is 12.1 Å². The van der Waals surface area contributed by atoms with Crippen LogP contribution in [-0.2, 0) is 20.2 Å². The number of fused-ring (bicyclic) bond motifs is 1. The van der Waals surface area contributed by atoms with Gasteiger partial charge in [0.25, 0.3) is 20.2 Å². The molecule has 0 heterocycles. The summed E-state index contributed by atoms with van der Waals surface area (Å²) in [7, 11) is -9.45. The third kappa shape index (κ3) is 2.41. The first-order chi connectivity index (χ1) is 9.01. The van der Waals surface area contributed by atoms with Gasteiger partial charge in [0.2, 0.25) is 0 Å². The van der Waals surface area contributed by atoms with Crippen LogP contribution in [0.5, 0.6) is 5.75 Å². The number of hydrogen-bond donors (Lipinski definition) is 4. The topological polar surface area (TPSA) is 155 Å². The van der Waals surface area contributed by atoms with Crippen molar-refractivity contribution in [1.82, 2.24) is 0 Å². The summed E-state index contributed by atoms with van der Waals surface area (Å²) in [6.45, 7) is 0. The molecule has 20 heavy (non-hydrogen) atoms. The Balaban J connectivity index is 3.08. The van der Waals surface area contributed by atoms with Gasteiger partial charge in [0.05, 0.1) is 11.8 Å². The molecule has 0 unspecified atom stereocenters. The molecule has 0 aliphatic rings. The minimum Gasteiger partial charge on any atom is -0.507 e. The molecule has 2 radical (unpaired) electrons. The maximum atomic E-state index is 11.2. The van der Waals surface area contributed by atoms with Crippen LogP contribution in [0.15, 0.2) is 21.9 Å². The Morgan fingerprint density at radius 1 is 1.10 bits per heavy atom. The molecule has 2 aromatic carbocycles. The van der Waals surface area contributed by atoms with E-state index in [9.17, 15) is 21.9 Å². The van der Waals surface area contributed by atoms with E-state index in [1.54, 1.807) is 0 Å². The summed E-state index contributed by atoms with van der Waals surface area (Å²) in [4.78, 5) is -1.58. The Kier molecular flexibility index (Phi) is 3.13. The number of rotatable bonds is 2. The van der Waals surface area contributed by atoms with E-state index in [4.69, 9.17) is 14.8 Å². The van der Waals surface area contributed by atoms with Crippen LogP contribution in [0.3, 0.4) is 0 Å². The number of anilines is 1. The van der Waals surface area contributed by atoms with Gasteiger partial charge in [0.15, 0.2) is 0 Å². The van der Waals surface area contributed by atoms with E-state index in [0.29, 0.717) is 0 Å². The molecule has 0 atom stereocenters. The first kappa shape index (κ1) is 14.5. The van der Waals surface area contributed by atoms with Crippen molar-refractivity contribution in [3.63, 3.8) is 0 Å². The average molecular weight is 317 g/mol. The molecule has 0 aliphatic carbocycles. The second-order valence-corrected chi connectivity index (χ2v) is 6.57. The van der Waals surface area contributed by atoms with Crippen molar-refractivity contribution in [2.75, 3.05) is 5.73 Å². The van der Waals surface area contributed by atoms with Gasteiger partial charge in [-0.3, -0.25) is 9.11 Å². The number of phenolic OH excluding ortho intramolecular Hbond substituents is 1. The SMILES string of the molecule is Nc1[c]cc(S(=O)(=O)O)c2cc(S(=O)(=O)O)[c]c(O)c12. The van der Waals surface area contributed by atoms with E-state index in [0.717, 1.165) is 12.1 Å². The molecule has 0 bridgehead atoms. The quantitative estimate of drug-likeness (QED) is 0.453. The predicted octanol–water partition coefficient (Wildman–Crippen LogP) is 0.221. The molecule has 0 fully saturated rings. The fourth-order valence-electron chi connectivity index (χ4n) is 1.66. The zero-order chi connectivity index (χ0) is 15.3. The van der Waals surface area contributed by atoms with Gasteiger partial charge in [-0.15, -0.1) is 0 Å². The number of phenols is 1. The van der Waals surface area contributed by atoms with E-state index in [-0.39, 0.29) is 16.5 Å². The summed E-state index contributed by atoms with van der Waals surface area (Å²) < 4.78 is 62.5. The van der Waals surface area contributed by atoms with Gasteiger partial charge in [-0.1, -0.05) is 0 Å². The minimum atomic E-state index is -4.73. The van der Waals surface area contributed by atoms with E-state index in [1.165, 1.54) is 0 Å². The predicted molar refractivity (Wildman–Crippen MR) is 67.3 cm³/mol. The lowest BCUT2D eigenvalue weighted by molar-refractivity contribution is 0.469. The van der Waals surface area contributed by atoms with E-state index in [2.05, 4.69) is 6.07 Å². The summed E-state index contributed by atoms with van der Waals surface area (Å²) in [5, 5.41) is 9.04. The first-order valence-corrected chi connectivity index (χ1v) is 7.74. The largest absolute Gasteiger partial charge is 0.507 e. The highest BCUT2D eigenvalue weighted by Gasteiger charge is 2.21. The standard InChI is InChI=1S/C10H7NO7S2/c11-7-1-2-9(20(16,17)18)6-3-5(19(13,14)15)4-8(12)10(6)7/h2-3,12H,11H2,(H,13,14,15)(H,16,17,18).